The predicted molar refractivity (Wildman–Crippen MR) is 73.4 cm³/mol. The van der Waals surface area contributed by atoms with Crippen LogP contribution in [-0.2, 0) is 11.3 Å². The first-order chi connectivity index (χ1) is 10.0. The summed E-state index contributed by atoms with van der Waals surface area (Å²) in [5, 5.41) is 0. The van der Waals surface area contributed by atoms with Crippen molar-refractivity contribution in [3.05, 3.63) is 48.2 Å². The second kappa shape index (κ2) is 6.42. The summed E-state index contributed by atoms with van der Waals surface area (Å²) in [4.78, 5) is 22.2. The maximum absolute atomic E-state index is 12.8. The third kappa shape index (κ3) is 4.23. The molecule has 0 saturated heterocycles. The number of hydrogen-bond donors (Lipinski definition) is 2. The van der Waals surface area contributed by atoms with Crippen LogP contribution in [0.15, 0.2) is 41.5 Å². The zero-order valence-electron chi connectivity index (χ0n) is 10.9. The summed E-state index contributed by atoms with van der Waals surface area (Å²) in [6.07, 6.45) is 0.470. The number of halogens is 1. The number of guanidine groups is 1. The van der Waals surface area contributed by atoms with Crippen LogP contribution in [0.3, 0.4) is 0 Å². The average Bonchev–Trinajstić information content (AvgIpc) is 2.45. The second-order valence-electron chi connectivity index (χ2n) is 3.98. The Bertz CT molecular complexity index is 669. The number of aromatic nitrogens is 2. The van der Waals surface area contributed by atoms with E-state index in [4.69, 9.17) is 16.2 Å². The van der Waals surface area contributed by atoms with Crippen LogP contribution in [0, 0.1) is 5.95 Å². The fourth-order valence-corrected chi connectivity index (χ4v) is 1.52. The molecule has 4 N–H and O–H groups in total. The smallest absolute Gasteiger partial charge is 0.437 e. The van der Waals surface area contributed by atoms with Crippen LogP contribution >= 0.6 is 0 Å². The van der Waals surface area contributed by atoms with Gasteiger partial charge in [-0.2, -0.15) is 4.39 Å². The SMILES string of the molecule is NC(N)=NC(=O)OCc1cccc(-c2ccc(F)nc2)n1. The topological polar surface area (TPSA) is 116 Å². The van der Waals surface area contributed by atoms with E-state index >= 15 is 0 Å². The number of carbonyl (C=O) groups excluding carboxylic acids is 1. The lowest BCUT2D eigenvalue weighted by atomic mass is 10.2. The summed E-state index contributed by atoms with van der Waals surface area (Å²) in [5.74, 6) is -0.944. The summed E-state index contributed by atoms with van der Waals surface area (Å²) >= 11 is 0. The van der Waals surface area contributed by atoms with Gasteiger partial charge in [0.15, 0.2) is 5.96 Å². The molecule has 21 heavy (non-hydrogen) atoms. The maximum atomic E-state index is 12.8. The fourth-order valence-electron chi connectivity index (χ4n) is 1.52. The van der Waals surface area contributed by atoms with Gasteiger partial charge in [0.25, 0.3) is 0 Å². The molecular formula is C13H12FN5O2. The Morgan fingerprint density at radius 2 is 2.10 bits per heavy atom. The van der Waals surface area contributed by atoms with Crippen LogP contribution in [0.1, 0.15) is 5.69 Å². The Morgan fingerprint density at radius 3 is 2.76 bits per heavy atom. The highest BCUT2D eigenvalue weighted by Gasteiger charge is 2.05. The molecule has 0 aromatic carbocycles. The van der Waals surface area contributed by atoms with Crippen LogP contribution in [-0.4, -0.2) is 22.0 Å². The Morgan fingerprint density at radius 1 is 1.29 bits per heavy atom. The molecule has 0 aliphatic heterocycles. The molecule has 2 aromatic heterocycles. The Balaban J connectivity index is 2.09. The highest BCUT2D eigenvalue weighted by atomic mass is 19.1. The van der Waals surface area contributed by atoms with E-state index in [-0.39, 0.29) is 12.6 Å². The van der Waals surface area contributed by atoms with Gasteiger partial charge in [0, 0.05) is 11.8 Å². The summed E-state index contributed by atoms with van der Waals surface area (Å²) < 4.78 is 17.6. The molecule has 2 aromatic rings. The molecule has 0 saturated carbocycles. The molecule has 0 radical (unpaired) electrons. The first-order valence-electron chi connectivity index (χ1n) is 5.89. The molecule has 1 amide bonds. The standard InChI is InChI=1S/C13H12FN5O2/c14-11-5-4-8(6-17-11)10-3-1-2-9(18-10)7-21-13(20)19-12(15)16/h1-6H,7H2,(H4,15,16,19,20). The highest BCUT2D eigenvalue weighted by Crippen LogP contribution is 2.16. The first kappa shape index (κ1) is 14.4. The van der Waals surface area contributed by atoms with Crippen molar-refractivity contribution in [3.8, 4) is 11.3 Å². The molecule has 0 atom stereocenters. The van der Waals surface area contributed by atoms with Crippen molar-refractivity contribution in [2.45, 2.75) is 6.61 Å². The number of nitrogens with two attached hydrogens (primary N) is 2. The Labute approximate surface area is 119 Å². The monoisotopic (exact) mass is 289 g/mol. The number of rotatable bonds is 3. The van der Waals surface area contributed by atoms with Gasteiger partial charge in [-0.25, -0.2) is 14.8 Å². The van der Waals surface area contributed by atoms with Gasteiger partial charge >= 0.3 is 6.09 Å². The van der Waals surface area contributed by atoms with Crippen molar-refractivity contribution in [1.29, 1.82) is 0 Å². The number of nitrogens with zero attached hydrogens (tertiary/aromatic N) is 3. The van der Waals surface area contributed by atoms with Crippen LogP contribution in [0.4, 0.5) is 9.18 Å². The summed E-state index contributed by atoms with van der Waals surface area (Å²) in [7, 11) is 0. The van der Waals surface area contributed by atoms with Crippen LogP contribution < -0.4 is 11.5 Å². The number of pyridine rings is 2. The molecule has 2 heterocycles. The van der Waals surface area contributed by atoms with E-state index in [9.17, 15) is 9.18 Å². The number of aliphatic imine (C=N–C) groups is 1. The molecule has 0 aliphatic carbocycles. The lowest BCUT2D eigenvalue weighted by molar-refractivity contribution is 0.149. The van der Waals surface area contributed by atoms with Gasteiger partial charge in [0.1, 0.15) is 6.61 Å². The molecule has 8 heteroatoms. The first-order valence-corrected chi connectivity index (χ1v) is 5.89. The van der Waals surface area contributed by atoms with Gasteiger partial charge in [-0.05, 0) is 24.3 Å². The van der Waals surface area contributed by atoms with Crippen molar-refractivity contribution < 1.29 is 13.9 Å². The van der Waals surface area contributed by atoms with Gasteiger partial charge in [-0.3, -0.25) is 0 Å². The molecule has 2 rings (SSSR count). The van der Waals surface area contributed by atoms with Crippen LogP contribution in [0.25, 0.3) is 11.3 Å². The van der Waals surface area contributed by atoms with Gasteiger partial charge in [-0.15, -0.1) is 4.99 Å². The Kier molecular flexibility index (Phi) is 4.39. The summed E-state index contributed by atoms with van der Waals surface area (Å²) in [6, 6.07) is 7.93. The van der Waals surface area contributed by atoms with E-state index in [0.717, 1.165) is 0 Å². The van der Waals surface area contributed by atoms with Crippen molar-refractivity contribution in [1.82, 2.24) is 9.97 Å². The van der Waals surface area contributed by atoms with Gasteiger partial charge in [0.2, 0.25) is 5.95 Å². The predicted octanol–water partition coefficient (Wildman–Crippen LogP) is 1.19. The minimum absolute atomic E-state index is 0.0852. The molecule has 0 aliphatic rings. The van der Waals surface area contributed by atoms with Crippen molar-refractivity contribution in [3.63, 3.8) is 0 Å². The lowest BCUT2D eigenvalue weighted by Gasteiger charge is -2.04. The number of hydrogen-bond acceptors (Lipinski definition) is 4. The molecule has 0 bridgehead atoms. The molecule has 7 nitrogen and oxygen atoms in total. The van der Waals surface area contributed by atoms with E-state index in [1.807, 2.05) is 0 Å². The number of ether oxygens (including phenoxy) is 1. The second-order valence-corrected chi connectivity index (χ2v) is 3.98. The molecule has 0 spiro atoms. The van der Waals surface area contributed by atoms with E-state index in [1.165, 1.54) is 12.3 Å². The summed E-state index contributed by atoms with van der Waals surface area (Å²) in [6.45, 7) is -0.0852. The quantitative estimate of drug-likeness (QED) is 0.498. The van der Waals surface area contributed by atoms with Gasteiger partial charge in [-0.1, -0.05) is 6.07 Å². The molecule has 108 valence electrons. The van der Waals surface area contributed by atoms with Gasteiger partial charge in [0.05, 0.1) is 11.4 Å². The van der Waals surface area contributed by atoms with E-state index in [0.29, 0.717) is 17.0 Å². The third-order valence-corrected chi connectivity index (χ3v) is 2.39. The van der Waals surface area contributed by atoms with Crippen LogP contribution in [0.2, 0.25) is 0 Å². The normalized spacial score (nSPS) is 9.95. The largest absolute Gasteiger partial charge is 0.441 e. The van der Waals surface area contributed by atoms with E-state index in [2.05, 4.69) is 15.0 Å². The fraction of sp³-hybridized carbons (Fsp3) is 0.0769. The minimum Gasteiger partial charge on any atom is -0.441 e. The van der Waals surface area contributed by atoms with Crippen LogP contribution in [0.5, 0.6) is 0 Å². The number of amides is 1. The summed E-state index contributed by atoms with van der Waals surface area (Å²) in [5.41, 5.74) is 11.8. The third-order valence-electron chi connectivity index (χ3n) is 2.39. The zero-order chi connectivity index (χ0) is 15.2. The molecular weight excluding hydrogens is 277 g/mol. The van der Waals surface area contributed by atoms with Crippen molar-refractivity contribution >= 4 is 12.1 Å². The number of carbonyl (C=O) groups is 1. The van der Waals surface area contributed by atoms with Gasteiger partial charge < -0.3 is 16.2 Å². The lowest BCUT2D eigenvalue weighted by Crippen LogP contribution is -2.24. The maximum Gasteiger partial charge on any atom is 0.437 e. The van der Waals surface area contributed by atoms with Crippen molar-refractivity contribution in [2.24, 2.45) is 16.5 Å². The zero-order valence-corrected chi connectivity index (χ0v) is 10.9. The Hall–Kier alpha value is -3.03. The molecule has 0 unspecified atom stereocenters. The highest BCUT2D eigenvalue weighted by molar-refractivity contribution is 5.87. The molecule has 0 fully saturated rings. The van der Waals surface area contributed by atoms with E-state index in [1.54, 1.807) is 24.3 Å². The minimum atomic E-state index is -0.898. The van der Waals surface area contributed by atoms with E-state index < -0.39 is 12.0 Å². The average molecular weight is 289 g/mol. The van der Waals surface area contributed by atoms with Crippen molar-refractivity contribution in [2.75, 3.05) is 0 Å².